The SMILES string of the molecule is Nc1nnc(-c2ccc([N+](=O)[O-])o2)n1N. The van der Waals surface area contributed by atoms with Crippen LogP contribution in [-0.4, -0.2) is 19.8 Å². The maximum absolute atomic E-state index is 10.3. The van der Waals surface area contributed by atoms with E-state index in [9.17, 15) is 10.1 Å². The van der Waals surface area contributed by atoms with E-state index in [1.807, 2.05) is 0 Å². The maximum atomic E-state index is 10.3. The highest BCUT2D eigenvalue weighted by Gasteiger charge is 2.17. The first-order valence-electron chi connectivity index (χ1n) is 3.80. The molecule has 78 valence electrons. The van der Waals surface area contributed by atoms with Crippen LogP contribution in [0.1, 0.15) is 0 Å². The summed E-state index contributed by atoms with van der Waals surface area (Å²) in [6, 6.07) is 2.56. The van der Waals surface area contributed by atoms with E-state index in [0.717, 1.165) is 4.68 Å². The van der Waals surface area contributed by atoms with Crippen molar-refractivity contribution in [2.24, 2.45) is 0 Å². The third kappa shape index (κ3) is 1.35. The zero-order valence-electron chi connectivity index (χ0n) is 7.32. The minimum absolute atomic E-state index is 0.0101. The molecule has 0 saturated carbocycles. The number of furan rings is 1. The van der Waals surface area contributed by atoms with Crippen LogP contribution in [0, 0.1) is 10.1 Å². The fourth-order valence-corrected chi connectivity index (χ4v) is 1.02. The lowest BCUT2D eigenvalue weighted by atomic mass is 10.4. The molecule has 2 heterocycles. The van der Waals surface area contributed by atoms with Gasteiger partial charge in [0.2, 0.25) is 11.8 Å². The molecule has 0 unspecified atom stereocenters. The molecule has 2 aromatic rings. The largest absolute Gasteiger partial charge is 0.433 e. The van der Waals surface area contributed by atoms with Crippen molar-refractivity contribution in [3.05, 3.63) is 22.2 Å². The molecule has 4 N–H and O–H groups in total. The highest BCUT2D eigenvalue weighted by molar-refractivity contribution is 5.51. The van der Waals surface area contributed by atoms with E-state index >= 15 is 0 Å². The summed E-state index contributed by atoms with van der Waals surface area (Å²) in [6.07, 6.45) is 0. The fraction of sp³-hybridized carbons (Fsp3) is 0. The summed E-state index contributed by atoms with van der Waals surface area (Å²) in [4.78, 5) is 9.69. The van der Waals surface area contributed by atoms with Crippen LogP contribution in [0.3, 0.4) is 0 Å². The minimum atomic E-state index is -0.663. The van der Waals surface area contributed by atoms with Gasteiger partial charge in [0.25, 0.3) is 0 Å². The topological polar surface area (TPSA) is 139 Å². The fourth-order valence-electron chi connectivity index (χ4n) is 1.02. The molecular weight excluding hydrogens is 204 g/mol. The van der Waals surface area contributed by atoms with Gasteiger partial charge in [-0.3, -0.25) is 10.1 Å². The van der Waals surface area contributed by atoms with E-state index in [-0.39, 0.29) is 17.5 Å². The van der Waals surface area contributed by atoms with Crippen molar-refractivity contribution >= 4 is 11.8 Å². The molecule has 0 fully saturated rings. The van der Waals surface area contributed by atoms with E-state index < -0.39 is 10.8 Å². The minimum Gasteiger partial charge on any atom is -0.397 e. The van der Waals surface area contributed by atoms with Crippen molar-refractivity contribution in [2.75, 3.05) is 11.6 Å². The van der Waals surface area contributed by atoms with E-state index in [4.69, 9.17) is 16.0 Å². The summed E-state index contributed by atoms with van der Waals surface area (Å²) < 4.78 is 5.84. The Morgan fingerprint density at radius 1 is 1.47 bits per heavy atom. The van der Waals surface area contributed by atoms with Gasteiger partial charge in [-0.05, 0) is 6.07 Å². The number of anilines is 1. The summed E-state index contributed by atoms with van der Waals surface area (Å²) in [5, 5.41) is 17.4. The van der Waals surface area contributed by atoms with Crippen LogP contribution in [0.4, 0.5) is 11.8 Å². The third-order valence-electron chi connectivity index (χ3n) is 1.71. The lowest BCUT2D eigenvalue weighted by molar-refractivity contribution is -0.401. The molecule has 15 heavy (non-hydrogen) atoms. The standard InChI is InChI=1S/C6H6N6O3/c7-6-10-9-5(11(6)8)3-1-2-4(15-3)12(13)14/h1-2H,8H2,(H2,7,10). The van der Waals surface area contributed by atoms with Gasteiger partial charge >= 0.3 is 5.88 Å². The predicted molar refractivity (Wildman–Crippen MR) is 48.9 cm³/mol. The van der Waals surface area contributed by atoms with E-state index in [1.165, 1.54) is 12.1 Å². The number of nitrogens with two attached hydrogens (primary N) is 2. The Morgan fingerprint density at radius 2 is 2.20 bits per heavy atom. The molecule has 0 bridgehead atoms. The van der Waals surface area contributed by atoms with Gasteiger partial charge < -0.3 is 16.0 Å². The second-order valence-corrected chi connectivity index (χ2v) is 2.65. The van der Waals surface area contributed by atoms with Gasteiger partial charge in [-0.15, -0.1) is 10.2 Å². The quantitative estimate of drug-likeness (QED) is 0.395. The zero-order chi connectivity index (χ0) is 11.0. The van der Waals surface area contributed by atoms with Crippen LogP contribution >= 0.6 is 0 Å². The third-order valence-corrected chi connectivity index (χ3v) is 1.71. The predicted octanol–water partition coefficient (Wildman–Crippen LogP) is -0.258. The Labute approximate surface area is 82.4 Å². The second kappa shape index (κ2) is 2.97. The molecule has 0 aliphatic carbocycles. The van der Waals surface area contributed by atoms with Crippen LogP contribution in [0.5, 0.6) is 0 Å². The number of hydrogen-bond acceptors (Lipinski definition) is 7. The van der Waals surface area contributed by atoms with Crippen LogP contribution in [0.25, 0.3) is 11.6 Å². The van der Waals surface area contributed by atoms with Crippen LogP contribution in [-0.2, 0) is 0 Å². The number of rotatable bonds is 2. The second-order valence-electron chi connectivity index (χ2n) is 2.65. The van der Waals surface area contributed by atoms with Crippen LogP contribution in [0.15, 0.2) is 16.5 Å². The average Bonchev–Trinajstić information content (AvgIpc) is 2.76. The Hall–Kier alpha value is -2.58. The van der Waals surface area contributed by atoms with E-state index in [1.54, 1.807) is 0 Å². The van der Waals surface area contributed by atoms with Gasteiger partial charge in [0.05, 0.1) is 6.07 Å². The summed E-state index contributed by atoms with van der Waals surface area (Å²) in [6.45, 7) is 0. The number of nitrogens with zero attached hydrogens (tertiary/aromatic N) is 4. The summed E-state index contributed by atoms with van der Waals surface area (Å²) >= 11 is 0. The lowest BCUT2D eigenvalue weighted by Crippen LogP contribution is -2.13. The molecule has 2 rings (SSSR count). The molecule has 9 nitrogen and oxygen atoms in total. The van der Waals surface area contributed by atoms with Crippen molar-refractivity contribution in [2.45, 2.75) is 0 Å². The van der Waals surface area contributed by atoms with E-state index in [2.05, 4.69) is 10.2 Å². The molecule has 2 aromatic heterocycles. The molecule has 9 heteroatoms. The van der Waals surface area contributed by atoms with Crippen molar-refractivity contribution < 1.29 is 9.34 Å². The molecule has 0 saturated heterocycles. The Bertz CT molecular complexity index is 515. The first-order valence-corrected chi connectivity index (χ1v) is 3.80. The van der Waals surface area contributed by atoms with Crippen molar-refractivity contribution in [3.8, 4) is 11.6 Å². The van der Waals surface area contributed by atoms with Gasteiger partial charge in [-0.25, -0.2) is 4.68 Å². The Kier molecular flexibility index (Phi) is 1.78. The molecule has 0 amide bonds. The molecule has 0 atom stereocenters. The molecular formula is C6H6N6O3. The average molecular weight is 210 g/mol. The number of hydrogen-bond donors (Lipinski definition) is 2. The van der Waals surface area contributed by atoms with Gasteiger partial charge in [0, 0.05) is 0 Å². The molecule has 0 aromatic carbocycles. The summed E-state index contributed by atoms with van der Waals surface area (Å²) in [7, 11) is 0. The van der Waals surface area contributed by atoms with Gasteiger partial charge in [0.15, 0.2) is 5.76 Å². The smallest absolute Gasteiger partial charge is 0.397 e. The Morgan fingerprint density at radius 3 is 2.67 bits per heavy atom. The van der Waals surface area contributed by atoms with Gasteiger partial charge in [-0.1, -0.05) is 0 Å². The highest BCUT2D eigenvalue weighted by Crippen LogP contribution is 2.24. The van der Waals surface area contributed by atoms with Crippen molar-refractivity contribution in [1.82, 2.24) is 14.9 Å². The van der Waals surface area contributed by atoms with E-state index in [0.29, 0.717) is 0 Å². The monoisotopic (exact) mass is 210 g/mol. The molecule has 0 aliphatic heterocycles. The van der Waals surface area contributed by atoms with Crippen LogP contribution < -0.4 is 11.6 Å². The molecule has 0 radical (unpaired) electrons. The van der Waals surface area contributed by atoms with Crippen LogP contribution in [0.2, 0.25) is 0 Å². The lowest BCUT2D eigenvalue weighted by Gasteiger charge is -1.95. The van der Waals surface area contributed by atoms with Gasteiger partial charge in [0.1, 0.15) is 4.92 Å². The number of aromatic nitrogens is 3. The van der Waals surface area contributed by atoms with Gasteiger partial charge in [-0.2, -0.15) is 0 Å². The van der Waals surface area contributed by atoms with Crippen molar-refractivity contribution in [1.29, 1.82) is 0 Å². The molecule has 0 aliphatic rings. The zero-order valence-corrected chi connectivity index (χ0v) is 7.32. The normalized spacial score (nSPS) is 10.4. The summed E-state index contributed by atoms with van der Waals surface area (Å²) in [5.41, 5.74) is 5.33. The maximum Gasteiger partial charge on any atom is 0.433 e. The first-order chi connectivity index (χ1) is 7.09. The Balaban J connectivity index is 2.46. The summed E-state index contributed by atoms with van der Waals surface area (Å²) in [5.74, 6) is 5.31. The highest BCUT2D eigenvalue weighted by atomic mass is 16.6. The molecule has 0 spiro atoms. The number of nitrogen functional groups attached to an aromatic ring is 2. The first kappa shape index (κ1) is 8.99. The number of nitro groups is 1. The van der Waals surface area contributed by atoms with Crippen molar-refractivity contribution in [3.63, 3.8) is 0 Å².